The summed E-state index contributed by atoms with van der Waals surface area (Å²) in [6.07, 6.45) is 0. The number of carboxylic acids is 2. The van der Waals surface area contributed by atoms with E-state index in [2.05, 4.69) is 0 Å². The molecule has 2 aromatic carbocycles. The van der Waals surface area contributed by atoms with Gasteiger partial charge in [0.25, 0.3) is 0 Å². The third-order valence-electron chi connectivity index (χ3n) is 4.80. The Kier molecular flexibility index (Phi) is 3.48. The van der Waals surface area contributed by atoms with E-state index in [0.29, 0.717) is 0 Å². The third-order valence-corrected chi connectivity index (χ3v) is 4.80. The second kappa shape index (κ2) is 5.23. The van der Waals surface area contributed by atoms with Crippen molar-refractivity contribution in [2.24, 2.45) is 11.8 Å². The lowest BCUT2D eigenvalue weighted by molar-refractivity contribution is -0.144. The summed E-state index contributed by atoms with van der Waals surface area (Å²) in [7, 11) is 0. The molecular weight excluding hydrogens is 292 g/mol. The number of aliphatic carboxylic acids is 2. The van der Waals surface area contributed by atoms with Gasteiger partial charge >= 0.3 is 11.9 Å². The highest BCUT2D eigenvalue weighted by atomic mass is 16.4. The van der Waals surface area contributed by atoms with E-state index in [-0.39, 0.29) is 0 Å². The average molecular weight is 310 g/mol. The minimum absolute atomic E-state index is 0.742. The van der Waals surface area contributed by atoms with E-state index in [4.69, 9.17) is 0 Å². The molecule has 2 aromatic rings. The van der Waals surface area contributed by atoms with Gasteiger partial charge in [0, 0.05) is 5.41 Å². The molecule has 0 radical (unpaired) electrons. The smallest absolute Gasteiger partial charge is 0.308 e. The number of carbonyl (C=O) groups is 2. The molecule has 0 bridgehead atoms. The van der Waals surface area contributed by atoms with Gasteiger partial charge in [-0.25, -0.2) is 0 Å². The van der Waals surface area contributed by atoms with Crippen LogP contribution >= 0.6 is 0 Å². The minimum atomic E-state index is -1.07. The second-order valence-electron chi connectivity index (χ2n) is 6.23. The first-order valence-corrected chi connectivity index (χ1v) is 7.49. The number of rotatable bonds is 4. The first-order chi connectivity index (χ1) is 10.9. The van der Waals surface area contributed by atoms with Crippen LogP contribution in [0.5, 0.6) is 0 Å². The molecule has 0 aliphatic heterocycles. The van der Waals surface area contributed by atoms with Gasteiger partial charge in [0.05, 0.1) is 11.8 Å². The van der Waals surface area contributed by atoms with Crippen LogP contribution in [0.4, 0.5) is 0 Å². The Labute approximate surface area is 134 Å². The van der Waals surface area contributed by atoms with Crippen molar-refractivity contribution in [2.75, 3.05) is 0 Å². The summed E-state index contributed by atoms with van der Waals surface area (Å²) in [5, 5.41) is 19.2. The molecule has 0 spiro atoms. The SMILES string of the molecule is Cc1ccc(C2(c3ccc(C)cc3)C(C(=O)O)C2C(=O)O)cc1. The van der Waals surface area contributed by atoms with E-state index in [1.165, 1.54) is 0 Å². The third kappa shape index (κ3) is 2.22. The van der Waals surface area contributed by atoms with E-state index < -0.39 is 29.2 Å². The lowest BCUT2D eigenvalue weighted by Gasteiger charge is -2.19. The van der Waals surface area contributed by atoms with Crippen molar-refractivity contribution in [2.45, 2.75) is 19.3 Å². The van der Waals surface area contributed by atoms with Crippen LogP contribution in [0.2, 0.25) is 0 Å². The van der Waals surface area contributed by atoms with Crippen LogP contribution in [0.15, 0.2) is 48.5 Å². The Hall–Kier alpha value is -2.62. The second-order valence-corrected chi connectivity index (χ2v) is 6.23. The number of benzene rings is 2. The maximum absolute atomic E-state index is 11.7. The lowest BCUT2D eigenvalue weighted by atomic mass is 9.83. The minimum Gasteiger partial charge on any atom is -0.481 e. The van der Waals surface area contributed by atoms with Crippen molar-refractivity contribution >= 4 is 11.9 Å². The molecule has 0 amide bonds. The van der Waals surface area contributed by atoms with Gasteiger partial charge in [0.15, 0.2) is 0 Å². The molecule has 3 rings (SSSR count). The van der Waals surface area contributed by atoms with Gasteiger partial charge in [-0.1, -0.05) is 59.7 Å². The van der Waals surface area contributed by atoms with E-state index in [0.717, 1.165) is 22.3 Å². The van der Waals surface area contributed by atoms with Crippen LogP contribution in [-0.4, -0.2) is 22.2 Å². The molecule has 2 N–H and O–H groups in total. The summed E-state index contributed by atoms with van der Waals surface area (Å²) in [5.74, 6) is -4.05. The Bertz CT molecular complexity index is 691. The zero-order valence-electron chi connectivity index (χ0n) is 13.0. The van der Waals surface area contributed by atoms with E-state index >= 15 is 0 Å². The monoisotopic (exact) mass is 310 g/mol. The van der Waals surface area contributed by atoms with Crippen LogP contribution in [0.3, 0.4) is 0 Å². The molecule has 1 aliphatic carbocycles. The Balaban J connectivity index is 2.22. The first kappa shape index (κ1) is 15.3. The van der Waals surface area contributed by atoms with Gasteiger partial charge in [-0.2, -0.15) is 0 Å². The predicted molar refractivity (Wildman–Crippen MR) is 85.4 cm³/mol. The molecular formula is C19H18O4. The summed E-state index contributed by atoms with van der Waals surface area (Å²) in [6, 6.07) is 14.9. The fourth-order valence-electron chi connectivity index (χ4n) is 3.61. The molecule has 0 saturated heterocycles. The predicted octanol–water partition coefficient (Wildman–Crippen LogP) is 3.00. The molecule has 118 valence electrons. The van der Waals surface area contributed by atoms with Crippen molar-refractivity contribution in [1.82, 2.24) is 0 Å². The highest BCUT2D eigenvalue weighted by molar-refractivity contribution is 5.92. The van der Waals surface area contributed by atoms with Gasteiger partial charge in [-0.3, -0.25) is 9.59 Å². The van der Waals surface area contributed by atoms with Crippen molar-refractivity contribution < 1.29 is 19.8 Å². The van der Waals surface area contributed by atoms with Crippen LogP contribution in [-0.2, 0) is 15.0 Å². The fourth-order valence-corrected chi connectivity index (χ4v) is 3.61. The summed E-state index contributed by atoms with van der Waals surface area (Å²) in [5.41, 5.74) is 2.58. The number of carboxylic acid groups (broad SMARTS) is 2. The van der Waals surface area contributed by atoms with Crippen molar-refractivity contribution in [3.63, 3.8) is 0 Å². The molecule has 4 heteroatoms. The number of hydrogen-bond donors (Lipinski definition) is 2. The summed E-state index contributed by atoms with van der Waals surface area (Å²) in [6.45, 7) is 3.89. The molecule has 2 unspecified atom stereocenters. The molecule has 0 aromatic heterocycles. The van der Waals surface area contributed by atoms with E-state index in [1.54, 1.807) is 0 Å². The van der Waals surface area contributed by atoms with Gasteiger partial charge in [-0.15, -0.1) is 0 Å². The molecule has 1 fully saturated rings. The Morgan fingerprint density at radius 1 is 0.739 bits per heavy atom. The van der Waals surface area contributed by atoms with E-state index in [9.17, 15) is 19.8 Å². The molecule has 1 saturated carbocycles. The van der Waals surface area contributed by atoms with Crippen molar-refractivity contribution in [1.29, 1.82) is 0 Å². The van der Waals surface area contributed by atoms with Crippen molar-refractivity contribution in [3.8, 4) is 0 Å². The zero-order chi connectivity index (χ0) is 16.8. The number of hydrogen-bond acceptors (Lipinski definition) is 2. The molecule has 0 heterocycles. The summed E-state index contributed by atoms with van der Waals surface area (Å²) >= 11 is 0. The first-order valence-electron chi connectivity index (χ1n) is 7.49. The van der Waals surface area contributed by atoms with Gasteiger partial charge in [0.2, 0.25) is 0 Å². The fraction of sp³-hybridized carbons (Fsp3) is 0.263. The average Bonchev–Trinajstić information content (AvgIpc) is 3.20. The summed E-state index contributed by atoms with van der Waals surface area (Å²) < 4.78 is 0. The van der Waals surface area contributed by atoms with Crippen LogP contribution < -0.4 is 0 Å². The standard InChI is InChI=1S/C19H18O4/c1-11-3-7-13(8-4-11)19(14-9-5-12(2)6-10-14)15(17(20)21)16(19)18(22)23/h3-10,15-16H,1-2H3,(H,20,21)(H,22,23). The molecule has 1 aliphatic rings. The Morgan fingerprint density at radius 2 is 1.04 bits per heavy atom. The van der Waals surface area contributed by atoms with Crippen LogP contribution in [0.1, 0.15) is 22.3 Å². The normalized spacial score (nSPS) is 21.7. The number of aryl methyl sites for hydroxylation is 2. The maximum Gasteiger partial charge on any atom is 0.308 e. The highest BCUT2D eigenvalue weighted by Gasteiger charge is 2.73. The highest BCUT2D eigenvalue weighted by Crippen LogP contribution is 2.64. The largest absolute Gasteiger partial charge is 0.481 e. The quantitative estimate of drug-likeness (QED) is 0.910. The molecule has 23 heavy (non-hydrogen) atoms. The molecule has 2 atom stereocenters. The van der Waals surface area contributed by atoms with Gasteiger partial charge < -0.3 is 10.2 Å². The topological polar surface area (TPSA) is 74.6 Å². The van der Waals surface area contributed by atoms with E-state index in [1.807, 2.05) is 62.4 Å². The van der Waals surface area contributed by atoms with Crippen molar-refractivity contribution in [3.05, 3.63) is 70.8 Å². The van der Waals surface area contributed by atoms with Crippen LogP contribution in [0.25, 0.3) is 0 Å². The Morgan fingerprint density at radius 3 is 1.30 bits per heavy atom. The molecule has 4 nitrogen and oxygen atoms in total. The lowest BCUT2D eigenvalue weighted by Crippen LogP contribution is -2.19. The summed E-state index contributed by atoms with van der Waals surface area (Å²) in [4.78, 5) is 23.4. The maximum atomic E-state index is 11.7. The zero-order valence-corrected chi connectivity index (χ0v) is 13.0. The van der Waals surface area contributed by atoms with Gasteiger partial charge in [0.1, 0.15) is 0 Å². The van der Waals surface area contributed by atoms with Crippen LogP contribution in [0, 0.1) is 25.7 Å². The van der Waals surface area contributed by atoms with Gasteiger partial charge in [-0.05, 0) is 25.0 Å².